The van der Waals surface area contributed by atoms with E-state index in [1.807, 2.05) is 43.3 Å². The predicted molar refractivity (Wildman–Crippen MR) is 118 cm³/mol. The number of amides is 2. The molecule has 30 heavy (non-hydrogen) atoms. The van der Waals surface area contributed by atoms with Crippen LogP contribution in [0, 0.1) is 6.92 Å². The molecule has 0 atom stereocenters. The summed E-state index contributed by atoms with van der Waals surface area (Å²) in [6, 6.07) is 14.4. The van der Waals surface area contributed by atoms with Gasteiger partial charge in [-0.05, 0) is 31.2 Å². The van der Waals surface area contributed by atoms with Crippen LogP contribution in [0.25, 0.3) is 21.8 Å². The fourth-order valence-electron chi connectivity index (χ4n) is 2.76. The van der Waals surface area contributed by atoms with E-state index in [2.05, 4.69) is 25.6 Å². The fraction of sp³-hybridized carbons (Fsp3) is 0.0455. The molecule has 0 radical (unpaired) electrons. The molecule has 1 aromatic carbocycles. The maximum absolute atomic E-state index is 12.5. The number of aryl methyl sites for hydroxylation is 1. The lowest BCUT2D eigenvalue weighted by Crippen LogP contribution is -2.21. The average molecular weight is 415 g/mol. The standard InChI is InChI=1S/C22H17N5O2S/c1-14-2-4-15(5-3-14)18-7-6-17(12-28)20(24-18)27-22(29)26-19-13-30-21(25-19)16-8-10-23-11-9-16/h2-13H,1H3,(H2,24,26,27,29). The van der Waals surface area contributed by atoms with Crippen molar-refractivity contribution < 1.29 is 9.59 Å². The van der Waals surface area contributed by atoms with Crippen LogP contribution in [0.15, 0.2) is 66.3 Å². The predicted octanol–water partition coefficient (Wildman–Crippen LogP) is 5.03. The van der Waals surface area contributed by atoms with Gasteiger partial charge in [-0.15, -0.1) is 11.3 Å². The highest BCUT2D eigenvalue weighted by atomic mass is 32.1. The second kappa shape index (κ2) is 8.62. The Labute approximate surface area is 176 Å². The van der Waals surface area contributed by atoms with Crippen molar-refractivity contribution in [2.75, 3.05) is 10.6 Å². The molecule has 2 N–H and O–H groups in total. The number of hydrogen-bond acceptors (Lipinski definition) is 6. The van der Waals surface area contributed by atoms with E-state index >= 15 is 0 Å². The summed E-state index contributed by atoms with van der Waals surface area (Å²) in [4.78, 5) is 36.7. The molecule has 0 aliphatic heterocycles. The summed E-state index contributed by atoms with van der Waals surface area (Å²) >= 11 is 1.41. The van der Waals surface area contributed by atoms with E-state index in [0.29, 0.717) is 17.8 Å². The molecule has 0 saturated carbocycles. The van der Waals surface area contributed by atoms with Gasteiger partial charge in [0.05, 0.1) is 11.3 Å². The lowest BCUT2D eigenvalue weighted by atomic mass is 10.1. The average Bonchev–Trinajstić information content (AvgIpc) is 3.23. The van der Waals surface area contributed by atoms with Gasteiger partial charge in [0, 0.05) is 28.9 Å². The number of aldehydes is 1. The molecule has 7 nitrogen and oxygen atoms in total. The summed E-state index contributed by atoms with van der Waals surface area (Å²) < 4.78 is 0. The molecule has 4 aromatic rings. The second-order valence-corrected chi connectivity index (χ2v) is 7.33. The smallest absolute Gasteiger partial charge is 0.298 e. The first kappa shape index (κ1) is 19.4. The fourth-order valence-corrected chi connectivity index (χ4v) is 3.52. The molecule has 4 rings (SSSR count). The Hall–Kier alpha value is -3.91. The number of aromatic nitrogens is 3. The minimum Gasteiger partial charge on any atom is -0.298 e. The molecule has 0 fully saturated rings. The maximum Gasteiger partial charge on any atom is 0.326 e. The number of nitrogens with one attached hydrogen (secondary N) is 2. The Bertz CT molecular complexity index is 1190. The molecule has 8 heteroatoms. The number of rotatable bonds is 5. The topological polar surface area (TPSA) is 96.9 Å². The summed E-state index contributed by atoms with van der Waals surface area (Å²) in [5.41, 5.74) is 3.89. The molecule has 148 valence electrons. The molecule has 0 bridgehead atoms. The van der Waals surface area contributed by atoms with Gasteiger partial charge in [0.25, 0.3) is 0 Å². The molecule has 0 spiro atoms. The zero-order chi connectivity index (χ0) is 20.9. The molecule has 0 aliphatic carbocycles. The van der Waals surface area contributed by atoms with E-state index in [-0.39, 0.29) is 11.4 Å². The Morgan fingerprint density at radius 2 is 1.70 bits per heavy atom. The third-order valence-corrected chi connectivity index (χ3v) is 5.20. The summed E-state index contributed by atoms with van der Waals surface area (Å²) in [5.74, 6) is 0.594. The number of hydrogen-bond donors (Lipinski definition) is 2. The van der Waals surface area contributed by atoms with Crippen LogP contribution in [0.4, 0.5) is 16.4 Å². The summed E-state index contributed by atoms with van der Waals surface area (Å²) in [6.07, 6.45) is 4.03. The Kier molecular flexibility index (Phi) is 5.58. The lowest BCUT2D eigenvalue weighted by molar-refractivity contribution is 0.112. The normalized spacial score (nSPS) is 10.4. The Balaban J connectivity index is 1.51. The number of pyridine rings is 2. The first-order valence-corrected chi connectivity index (χ1v) is 9.97. The Morgan fingerprint density at radius 3 is 2.43 bits per heavy atom. The highest BCUT2D eigenvalue weighted by molar-refractivity contribution is 7.13. The van der Waals surface area contributed by atoms with Crippen molar-refractivity contribution in [1.29, 1.82) is 0 Å². The van der Waals surface area contributed by atoms with Gasteiger partial charge < -0.3 is 0 Å². The van der Waals surface area contributed by atoms with E-state index in [4.69, 9.17) is 0 Å². The minimum absolute atomic E-state index is 0.185. The van der Waals surface area contributed by atoms with Crippen LogP contribution in [0.1, 0.15) is 15.9 Å². The zero-order valence-electron chi connectivity index (χ0n) is 16.0. The van der Waals surface area contributed by atoms with Crippen molar-refractivity contribution >= 4 is 35.3 Å². The van der Waals surface area contributed by atoms with Gasteiger partial charge in [-0.2, -0.15) is 0 Å². The van der Waals surface area contributed by atoms with Crippen molar-refractivity contribution in [2.45, 2.75) is 6.92 Å². The summed E-state index contributed by atoms with van der Waals surface area (Å²) in [6.45, 7) is 2.00. The number of benzene rings is 1. The van der Waals surface area contributed by atoms with Crippen LogP contribution < -0.4 is 10.6 Å². The van der Waals surface area contributed by atoms with Gasteiger partial charge in [0.15, 0.2) is 6.29 Å². The van der Waals surface area contributed by atoms with Crippen LogP contribution in [-0.2, 0) is 0 Å². The van der Waals surface area contributed by atoms with E-state index in [1.165, 1.54) is 11.3 Å². The van der Waals surface area contributed by atoms with Gasteiger partial charge in [0.2, 0.25) is 0 Å². The molecular formula is C22H17N5O2S. The number of thiazole rings is 1. The molecule has 0 unspecified atom stereocenters. The number of urea groups is 1. The van der Waals surface area contributed by atoms with E-state index in [0.717, 1.165) is 21.7 Å². The number of nitrogens with zero attached hydrogens (tertiary/aromatic N) is 3. The third kappa shape index (κ3) is 4.39. The lowest BCUT2D eigenvalue weighted by Gasteiger charge is -2.09. The van der Waals surface area contributed by atoms with Crippen molar-refractivity contribution in [3.05, 3.63) is 77.4 Å². The van der Waals surface area contributed by atoms with Gasteiger partial charge in [-0.25, -0.2) is 14.8 Å². The third-order valence-electron chi connectivity index (χ3n) is 4.31. The van der Waals surface area contributed by atoms with Gasteiger partial charge in [-0.3, -0.25) is 20.4 Å². The van der Waals surface area contributed by atoms with Crippen LogP contribution >= 0.6 is 11.3 Å². The van der Waals surface area contributed by atoms with Crippen molar-refractivity contribution in [2.24, 2.45) is 0 Å². The highest BCUT2D eigenvalue weighted by Crippen LogP contribution is 2.26. The first-order chi connectivity index (χ1) is 14.6. The van der Waals surface area contributed by atoms with Gasteiger partial charge in [0.1, 0.15) is 16.6 Å². The van der Waals surface area contributed by atoms with Crippen molar-refractivity contribution in [3.63, 3.8) is 0 Å². The van der Waals surface area contributed by atoms with Crippen LogP contribution in [0.3, 0.4) is 0 Å². The second-order valence-electron chi connectivity index (χ2n) is 6.47. The zero-order valence-corrected chi connectivity index (χ0v) is 16.8. The summed E-state index contributed by atoms with van der Waals surface area (Å²) in [7, 11) is 0. The SMILES string of the molecule is Cc1ccc(-c2ccc(C=O)c(NC(=O)Nc3csc(-c4ccncc4)n3)n2)cc1. The Morgan fingerprint density at radius 1 is 0.933 bits per heavy atom. The van der Waals surface area contributed by atoms with E-state index in [9.17, 15) is 9.59 Å². The first-order valence-electron chi connectivity index (χ1n) is 9.09. The monoisotopic (exact) mass is 415 g/mol. The molecule has 2 amide bonds. The van der Waals surface area contributed by atoms with Gasteiger partial charge >= 0.3 is 6.03 Å². The highest BCUT2D eigenvalue weighted by Gasteiger charge is 2.12. The van der Waals surface area contributed by atoms with Crippen molar-refractivity contribution in [1.82, 2.24) is 15.0 Å². The maximum atomic E-state index is 12.5. The molecule has 0 aliphatic rings. The number of anilines is 2. The van der Waals surface area contributed by atoms with E-state index in [1.54, 1.807) is 29.9 Å². The molecule has 3 aromatic heterocycles. The van der Waals surface area contributed by atoms with E-state index < -0.39 is 6.03 Å². The molecule has 3 heterocycles. The molecular weight excluding hydrogens is 398 g/mol. The van der Waals surface area contributed by atoms with Crippen LogP contribution in [0.2, 0.25) is 0 Å². The quantitative estimate of drug-likeness (QED) is 0.446. The van der Waals surface area contributed by atoms with Crippen LogP contribution in [-0.4, -0.2) is 27.3 Å². The van der Waals surface area contributed by atoms with Gasteiger partial charge in [-0.1, -0.05) is 29.8 Å². The largest absolute Gasteiger partial charge is 0.326 e. The molecule has 0 saturated heterocycles. The summed E-state index contributed by atoms with van der Waals surface area (Å²) in [5, 5.41) is 7.83. The number of carbonyl (C=O) groups is 2. The van der Waals surface area contributed by atoms with Crippen LogP contribution in [0.5, 0.6) is 0 Å². The minimum atomic E-state index is -0.529. The number of carbonyl (C=O) groups excluding carboxylic acids is 2. The van der Waals surface area contributed by atoms with Crippen molar-refractivity contribution in [3.8, 4) is 21.8 Å².